The fraction of sp³-hybridized carbons (Fsp3) is 0.812. The molecule has 2 unspecified atom stereocenters. The summed E-state index contributed by atoms with van der Waals surface area (Å²) in [6.07, 6.45) is 3.43. The Labute approximate surface area is 147 Å². The van der Waals surface area contributed by atoms with Crippen molar-refractivity contribution in [2.45, 2.75) is 65.1 Å². The molecule has 24 heavy (non-hydrogen) atoms. The van der Waals surface area contributed by atoms with Gasteiger partial charge in [0.15, 0.2) is 0 Å². The Kier molecular flexibility index (Phi) is 4.44. The van der Waals surface area contributed by atoms with Crippen LogP contribution in [0.25, 0.3) is 0 Å². The van der Waals surface area contributed by atoms with E-state index in [1.54, 1.807) is 4.68 Å². The van der Waals surface area contributed by atoms with Crippen molar-refractivity contribution in [3.05, 3.63) is 0 Å². The number of nitrogens with zero attached hydrogens (tertiary/aromatic N) is 5. The monoisotopic (exact) mass is 350 g/mol. The van der Waals surface area contributed by atoms with Crippen LogP contribution in [0, 0.1) is 16.7 Å². The quantitative estimate of drug-likeness (QED) is 0.652. The number of fused-ring (bicyclic) bond motifs is 2. The minimum Gasteiger partial charge on any atom is -0.272 e. The highest BCUT2D eigenvalue weighted by atomic mass is 32.2. The van der Waals surface area contributed by atoms with Crippen molar-refractivity contribution in [2.24, 2.45) is 21.8 Å². The molecule has 1 N–H and O–H groups in total. The molecular formula is C16H26N6OS. The van der Waals surface area contributed by atoms with Crippen molar-refractivity contribution in [3.8, 4) is 0 Å². The highest BCUT2D eigenvalue weighted by Gasteiger charge is 2.59. The Balaban J connectivity index is 1.58. The van der Waals surface area contributed by atoms with Crippen LogP contribution in [0.5, 0.6) is 0 Å². The number of tetrazole rings is 1. The summed E-state index contributed by atoms with van der Waals surface area (Å²) >= 11 is 1.33. The van der Waals surface area contributed by atoms with E-state index in [1.807, 2.05) is 13.8 Å². The van der Waals surface area contributed by atoms with Gasteiger partial charge in [-0.15, -0.1) is 5.10 Å². The second-order valence-corrected chi connectivity index (χ2v) is 8.82. The van der Waals surface area contributed by atoms with Crippen molar-refractivity contribution in [2.75, 3.05) is 5.75 Å². The number of carbonyl (C=O) groups is 1. The highest BCUT2D eigenvalue weighted by molar-refractivity contribution is 7.99. The zero-order chi connectivity index (χ0) is 17.5. The molecule has 132 valence electrons. The number of hydrogen-bond donors (Lipinski definition) is 1. The lowest BCUT2D eigenvalue weighted by molar-refractivity contribution is -0.118. The molecule has 0 aliphatic heterocycles. The molecule has 2 bridgehead atoms. The SMILES string of the molecule is CC(C)n1nnnc1SCC(=O)N/N=C1\CC2CCC1(C)C2(C)C. The summed E-state index contributed by atoms with van der Waals surface area (Å²) in [6, 6.07) is 0.169. The van der Waals surface area contributed by atoms with Crippen LogP contribution in [0.4, 0.5) is 0 Å². The number of carbonyl (C=O) groups excluding carboxylic acids is 1. The van der Waals surface area contributed by atoms with Crippen molar-refractivity contribution in [1.82, 2.24) is 25.6 Å². The average Bonchev–Trinajstić information content (AvgIpc) is 3.13. The molecule has 3 rings (SSSR count). The van der Waals surface area contributed by atoms with E-state index in [1.165, 1.54) is 18.2 Å². The van der Waals surface area contributed by atoms with Crippen LogP contribution >= 0.6 is 11.8 Å². The molecule has 1 heterocycles. The zero-order valence-corrected chi connectivity index (χ0v) is 15.9. The first-order valence-electron chi connectivity index (χ1n) is 8.52. The van der Waals surface area contributed by atoms with E-state index in [0.717, 1.165) is 18.6 Å². The fourth-order valence-corrected chi connectivity index (χ4v) is 4.79. The van der Waals surface area contributed by atoms with Gasteiger partial charge in [0.2, 0.25) is 5.16 Å². The Hall–Kier alpha value is -1.44. The molecule has 2 fully saturated rings. The second-order valence-electron chi connectivity index (χ2n) is 7.88. The molecule has 8 heteroatoms. The van der Waals surface area contributed by atoms with Crippen molar-refractivity contribution < 1.29 is 4.79 Å². The molecule has 2 aliphatic rings. The maximum Gasteiger partial charge on any atom is 0.250 e. The fourth-order valence-electron chi connectivity index (χ4n) is 3.99. The number of nitrogens with one attached hydrogen (secondary N) is 1. The van der Waals surface area contributed by atoms with Gasteiger partial charge in [0.25, 0.3) is 5.91 Å². The summed E-state index contributed by atoms with van der Waals surface area (Å²) < 4.78 is 1.71. The maximum absolute atomic E-state index is 12.1. The van der Waals surface area contributed by atoms with E-state index >= 15 is 0 Å². The van der Waals surface area contributed by atoms with Gasteiger partial charge in [-0.3, -0.25) is 4.79 Å². The highest BCUT2D eigenvalue weighted by Crippen LogP contribution is 2.63. The molecule has 0 saturated heterocycles. The molecular weight excluding hydrogens is 324 g/mol. The lowest BCUT2D eigenvalue weighted by atomic mass is 9.70. The third kappa shape index (κ3) is 2.74. The molecule has 0 radical (unpaired) electrons. The molecule has 7 nitrogen and oxygen atoms in total. The molecule has 2 saturated carbocycles. The average molecular weight is 350 g/mol. The Morgan fingerprint density at radius 3 is 2.79 bits per heavy atom. The van der Waals surface area contributed by atoms with Crippen LogP contribution < -0.4 is 5.43 Å². The van der Waals surface area contributed by atoms with Gasteiger partial charge in [0, 0.05) is 11.1 Å². The minimum absolute atomic E-state index is 0.111. The van der Waals surface area contributed by atoms with Gasteiger partial charge in [-0.25, -0.2) is 10.1 Å². The molecule has 1 aromatic heterocycles. The molecule has 2 atom stereocenters. The topological polar surface area (TPSA) is 85.1 Å². The van der Waals surface area contributed by atoms with E-state index in [4.69, 9.17) is 0 Å². The largest absolute Gasteiger partial charge is 0.272 e. The molecule has 2 aliphatic carbocycles. The zero-order valence-electron chi connectivity index (χ0n) is 15.0. The third-order valence-electron chi connectivity index (χ3n) is 6.11. The van der Waals surface area contributed by atoms with Crippen molar-refractivity contribution in [3.63, 3.8) is 0 Å². The van der Waals surface area contributed by atoms with Crippen LogP contribution in [-0.2, 0) is 4.79 Å². The van der Waals surface area contributed by atoms with Gasteiger partial charge in [-0.1, -0.05) is 32.5 Å². The van der Waals surface area contributed by atoms with Gasteiger partial charge < -0.3 is 0 Å². The smallest absolute Gasteiger partial charge is 0.250 e. The Morgan fingerprint density at radius 1 is 1.46 bits per heavy atom. The van der Waals surface area contributed by atoms with Crippen molar-refractivity contribution >= 4 is 23.4 Å². The van der Waals surface area contributed by atoms with Crippen LogP contribution in [0.2, 0.25) is 0 Å². The van der Waals surface area contributed by atoms with E-state index < -0.39 is 0 Å². The van der Waals surface area contributed by atoms with Gasteiger partial charge >= 0.3 is 0 Å². The first kappa shape index (κ1) is 17.4. The van der Waals surface area contributed by atoms with Gasteiger partial charge in [0.05, 0.1) is 11.8 Å². The van der Waals surface area contributed by atoms with Gasteiger partial charge in [0.1, 0.15) is 0 Å². The number of hydrogen-bond acceptors (Lipinski definition) is 6. The van der Waals surface area contributed by atoms with E-state index in [9.17, 15) is 4.79 Å². The van der Waals surface area contributed by atoms with Crippen LogP contribution in [-0.4, -0.2) is 37.6 Å². The molecule has 1 amide bonds. The van der Waals surface area contributed by atoms with Gasteiger partial charge in [-0.05, 0) is 54.9 Å². The number of thioether (sulfide) groups is 1. The normalized spacial score (nSPS) is 29.6. The number of aromatic nitrogens is 4. The van der Waals surface area contributed by atoms with Gasteiger partial charge in [-0.2, -0.15) is 5.10 Å². The summed E-state index contributed by atoms with van der Waals surface area (Å²) in [4.78, 5) is 12.1. The lowest BCUT2D eigenvalue weighted by Crippen LogP contribution is -2.34. The van der Waals surface area contributed by atoms with Crippen molar-refractivity contribution in [1.29, 1.82) is 0 Å². The van der Waals surface area contributed by atoms with Crippen LogP contribution in [0.3, 0.4) is 0 Å². The van der Waals surface area contributed by atoms with E-state index in [2.05, 4.69) is 46.8 Å². The summed E-state index contributed by atoms with van der Waals surface area (Å²) in [7, 11) is 0. The summed E-state index contributed by atoms with van der Waals surface area (Å²) in [6.45, 7) is 11.0. The molecule has 0 aromatic carbocycles. The third-order valence-corrected chi connectivity index (χ3v) is 7.05. The summed E-state index contributed by atoms with van der Waals surface area (Å²) in [5.74, 6) is 0.825. The number of hydrazone groups is 1. The first-order valence-corrected chi connectivity index (χ1v) is 9.51. The number of rotatable bonds is 5. The lowest BCUT2D eigenvalue weighted by Gasteiger charge is -2.34. The molecule has 1 aromatic rings. The Morgan fingerprint density at radius 2 is 2.21 bits per heavy atom. The van der Waals surface area contributed by atoms with E-state index in [-0.39, 0.29) is 28.5 Å². The first-order chi connectivity index (χ1) is 11.3. The maximum atomic E-state index is 12.1. The van der Waals surface area contributed by atoms with E-state index in [0.29, 0.717) is 11.1 Å². The minimum atomic E-state index is -0.116. The van der Waals surface area contributed by atoms with Crippen LogP contribution in [0.1, 0.15) is 59.9 Å². The molecule has 0 spiro atoms. The van der Waals surface area contributed by atoms with Crippen LogP contribution in [0.15, 0.2) is 10.3 Å². The summed E-state index contributed by atoms with van der Waals surface area (Å²) in [5, 5.41) is 16.7. The summed E-state index contributed by atoms with van der Waals surface area (Å²) in [5.41, 5.74) is 4.26. The number of amides is 1. The standard InChI is InChI=1S/C16H26N6OS/c1-10(2)22-14(19-20-21-22)24-9-13(23)18-17-12-8-11-6-7-16(12,5)15(11,3)4/h10-11H,6-9H2,1-5H3,(H,18,23)/b17-12+. The second kappa shape index (κ2) is 6.13. The predicted molar refractivity (Wildman–Crippen MR) is 93.7 cm³/mol. The Bertz CT molecular complexity index is 667. The predicted octanol–water partition coefficient (Wildman–Crippen LogP) is 2.66.